The molecule has 0 saturated carbocycles. The van der Waals surface area contributed by atoms with Crippen molar-refractivity contribution in [2.24, 2.45) is 5.92 Å². The fraction of sp³-hybridized carbons (Fsp3) is 0.588. The monoisotopic (exact) mass is 372 g/mol. The molecule has 2 rings (SSSR count). The van der Waals surface area contributed by atoms with E-state index in [1.54, 1.807) is 29.2 Å². The standard InChI is InChI=1S/C17H25ClN2O3S/c1-13(2)16(17(21)20-10-6-3-7-11-20)19-24(22,23)12-14-8-4-5-9-15(14)18/h4-5,8-9,13,16,19H,3,6-7,10-12H2,1-2H3/t16-/m1/s1. The van der Waals surface area contributed by atoms with Crippen molar-refractivity contribution in [1.82, 2.24) is 9.62 Å². The van der Waals surface area contributed by atoms with E-state index in [9.17, 15) is 13.2 Å². The van der Waals surface area contributed by atoms with Gasteiger partial charge < -0.3 is 4.90 Å². The molecule has 1 aliphatic rings. The Hall–Kier alpha value is -1.11. The van der Waals surface area contributed by atoms with Crippen molar-refractivity contribution in [3.05, 3.63) is 34.9 Å². The van der Waals surface area contributed by atoms with Crippen LogP contribution in [-0.2, 0) is 20.6 Å². The largest absolute Gasteiger partial charge is 0.341 e. The van der Waals surface area contributed by atoms with Crippen LogP contribution < -0.4 is 4.72 Å². The van der Waals surface area contributed by atoms with E-state index in [1.807, 2.05) is 13.8 Å². The molecule has 0 bridgehead atoms. The predicted octanol–water partition coefficient (Wildman–Crippen LogP) is 2.80. The van der Waals surface area contributed by atoms with Gasteiger partial charge in [0.2, 0.25) is 15.9 Å². The van der Waals surface area contributed by atoms with Gasteiger partial charge in [-0.3, -0.25) is 4.79 Å². The zero-order valence-electron chi connectivity index (χ0n) is 14.2. The van der Waals surface area contributed by atoms with Gasteiger partial charge in [0.15, 0.2) is 0 Å². The molecule has 1 heterocycles. The Kier molecular flexibility index (Phi) is 6.66. The maximum atomic E-state index is 12.7. The third kappa shape index (κ3) is 5.19. The van der Waals surface area contributed by atoms with Crippen LogP contribution in [0.5, 0.6) is 0 Å². The van der Waals surface area contributed by atoms with Crippen LogP contribution in [0, 0.1) is 5.92 Å². The van der Waals surface area contributed by atoms with Gasteiger partial charge in [-0.25, -0.2) is 13.1 Å². The van der Waals surface area contributed by atoms with Gasteiger partial charge >= 0.3 is 0 Å². The van der Waals surface area contributed by atoms with E-state index in [2.05, 4.69) is 4.72 Å². The Balaban J connectivity index is 2.11. The molecule has 1 amide bonds. The minimum absolute atomic E-state index is 0.125. The molecule has 5 nitrogen and oxygen atoms in total. The van der Waals surface area contributed by atoms with Gasteiger partial charge in [0.1, 0.15) is 6.04 Å². The molecule has 0 aromatic heterocycles. The molecule has 7 heteroatoms. The van der Waals surface area contributed by atoms with Crippen LogP contribution in [0.4, 0.5) is 0 Å². The second-order valence-electron chi connectivity index (χ2n) is 6.58. The number of benzene rings is 1. The predicted molar refractivity (Wildman–Crippen MR) is 96.3 cm³/mol. The molecular formula is C17H25ClN2O3S. The highest BCUT2D eigenvalue weighted by Gasteiger charge is 2.31. The Labute approximate surface area is 149 Å². The minimum atomic E-state index is -3.67. The summed E-state index contributed by atoms with van der Waals surface area (Å²) in [4.78, 5) is 14.5. The summed E-state index contributed by atoms with van der Waals surface area (Å²) in [6.45, 7) is 5.11. The highest BCUT2D eigenvalue weighted by Crippen LogP contribution is 2.19. The van der Waals surface area contributed by atoms with Crippen LogP contribution in [0.25, 0.3) is 0 Å². The highest BCUT2D eigenvalue weighted by molar-refractivity contribution is 7.88. The molecule has 24 heavy (non-hydrogen) atoms. The van der Waals surface area contributed by atoms with E-state index in [0.29, 0.717) is 23.7 Å². The van der Waals surface area contributed by atoms with Crippen LogP contribution in [0.2, 0.25) is 5.02 Å². The van der Waals surface area contributed by atoms with Crippen molar-refractivity contribution in [2.45, 2.75) is 44.9 Å². The molecular weight excluding hydrogens is 348 g/mol. The Morgan fingerprint density at radius 1 is 1.21 bits per heavy atom. The molecule has 1 aliphatic heterocycles. The lowest BCUT2D eigenvalue weighted by molar-refractivity contribution is -0.134. The van der Waals surface area contributed by atoms with E-state index in [4.69, 9.17) is 11.6 Å². The van der Waals surface area contributed by atoms with Gasteiger partial charge in [-0.05, 0) is 36.8 Å². The van der Waals surface area contributed by atoms with Crippen LogP contribution in [0.15, 0.2) is 24.3 Å². The summed E-state index contributed by atoms with van der Waals surface area (Å²) in [7, 11) is -3.67. The SMILES string of the molecule is CC(C)[C@@H](NS(=O)(=O)Cc1ccccc1Cl)C(=O)N1CCCCC1. The lowest BCUT2D eigenvalue weighted by atomic mass is 10.0. The van der Waals surface area contributed by atoms with Gasteiger partial charge in [-0.15, -0.1) is 0 Å². The third-order valence-corrected chi connectivity index (χ3v) is 5.88. The number of amides is 1. The first-order valence-corrected chi connectivity index (χ1v) is 10.4. The molecule has 1 fully saturated rings. The van der Waals surface area contributed by atoms with Crippen LogP contribution in [0.1, 0.15) is 38.7 Å². The molecule has 1 saturated heterocycles. The second-order valence-corrected chi connectivity index (χ2v) is 8.74. The Bertz CT molecular complexity index is 670. The molecule has 134 valence electrons. The number of nitrogens with zero attached hydrogens (tertiary/aromatic N) is 1. The average molecular weight is 373 g/mol. The molecule has 0 spiro atoms. The molecule has 0 unspecified atom stereocenters. The average Bonchev–Trinajstić information content (AvgIpc) is 2.55. The topological polar surface area (TPSA) is 66.5 Å². The number of nitrogens with one attached hydrogen (secondary N) is 1. The second kappa shape index (κ2) is 8.32. The summed E-state index contributed by atoms with van der Waals surface area (Å²) in [6, 6.07) is 6.09. The van der Waals surface area contributed by atoms with Crippen molar-refractivity contribution in [1.29, 1.82) is 0 Å². The number of likely N-dealkylation sites (tertiary alicyclic amines) is 1. The molecule has 0 aliphatic carbocycles. The van der Waals surface area contributed by atoms with Crippen molar-refractivity contribution in [3.8, 4) is 0 Å². The molecule has 1 N–H and O–H groups in total. The summed E-state index contributed by atoms with van der Waals surface area (Å²) in [5.41, 5.74) is 0.527. The number of rotatable bonds is 6. The zero-order valence-corrected chi connectivity index (χ0v) is 15.7. The van der Waals surface area contributed by atoms with Crippen LogP contribution >= 0.6 is 11.6 Å². The molecule has 1 atom stereocenters. The minimum Gasteiger partial charge on any atom is -0.341 e. The maximum absolute atomic E-state index is 12.7. The number of carbonyl (C=O) groups is 1. The highest BCUT2D eigenvalue weighted by atomic mass is 35.5. The van der Waals surface area contributed by atoms with Gasteiger partial charge in [0.25, 0.3) is 0 Å². The molecule has 1 aromatic carbocycles. The van der Waals surface area contributed by atoms with Crippen molar-refractivity contribution in [2.75, 3.05) is 13.1 Å². The third-order valence-electron chi connectivity index (χ3n) is 4.21. The van der Waals surface area contributed by atoms with E-state index in [-0.39, 0.29) is 17.6 Å². The lowest BCUT2D eigenvalue weighted by Crippen LogP contribution is -2.52. The summed E-state index contributed by atoms with van der Waals surface area (Å²) >= 11 is 6.05. The fourth-order valence-corrected chi connectivity index (χ4v) is 4.62. The Morgan fingerprint density at radius 3 is 2.42 bits per heavy atom. The quantitative estimate of drug-likeness (QED) is 0.834. The van der Waals surface area contributed by atoms with Crippen molar-refractivity contribution >= 4 is 27.5 Å². The van der Waals surface area contributed by atoms with E-state index >= 15 is 0 Å². The smallest absolute Gasteiger partial charge is 0.241 e. The molecule has 0 radical (unpaired) electrons. The van der Waals surface area contributed by atoms with Crippen LogP contribution in [0.3, 0.4) is 0 Å². The molecule has 1 aromatic rings. The number of sulfonamides is 1. The first kappa shape index (κ1) is 19.2. The Morgan fingerprint density at radius 2 is 1.83 bits per heavy atom. The first-order chi connectivity index (χ1) is 11.3. The van der Waals surface area contributed by atoms with E-state index < -0.39 is 16.1 Å². The number of carbonyl (C=O) groups excluding carboxylic acids is 1. The lowest BCUT2D eigenvalue weighted by Gasteiger charge is -2.32. The zero-order chi connectivity index (χ0) is 17.7. The van der Waals surface area contributed by atoms with Crippen LogP contribution in [-0.4, -0.2) is 38.4 Å². The fourth-order valence-electron chi connectivity index (χ4n) is 2.84. The van der Waals surface area contributed by atoms with Gasteiger partial charge in [0, 0.05) is 18.1 Å². The summed E-state index contributed by atoms with van der Waals surface area (Å²) in [5.74, 6) is -0.490. The number of piperidine rings is 1. The van der Waals surface area contributed by atoms with Gasteiger partial charge in [-0.2, -0.15) is 0 Å². The normalized spacial score (nSPS) is 17.1. The van der Waals surface area contributed by atoms with E-state index in [1.165, 1.54) is 0 Å². The van der Waals surface area contributed by atoms with Crippen molar-refractivity contribution < 1.29 is 13.2 Å². The number of halogens is 1. The number of hydrogen-bond acceptors (Lipinski definition) is 3. The van der Waals surface area contributed by atoms with Gasteiger partial charge in [0.05, 0.1) is 5.75 Å². The summed E-state index contributed by atoms with van der Waals surface area (Å²) < 4.78 is 27.6. The van der Waals surface area contributed by atoms with Gasteiger partial charge in [-0.1, -0.05) is 43.6 Å². The maximum Gasteiger partial charge on any atom is 0.241 e. The first-order valence-electron chi connectivity index (χ1n) is 8.32. The van der Waals surface area contributed by atoms with Crippen molar-refractivity contribution in [3.63, 3.8) is 0 Å². The number of hydrogen-bond donors (Lipinski definition) is 1. The summed E-state index contributed by atoms with van der Waals surface area (Å²) in [6.07, 6.45) is 3.07. The van der Waals surface area contributed by atoms with E-state index in [0.717, 1.165) is 19.3 Å². The summed E-state index contributed by atoms with van der Waals surface area (Å²) in [5, 5.41) is 0.409.